The van der Waals surface area contributed by atoms with Crippen LogP contribution in [0, 0.1) is 0 Å². The topological polar surface area (TPSA) is 82.1 Å². The molecule has 27 heavy (non-hydrogen) atoms. The number of imidazole rings is 1. The maximum absolute atomic E-state index is 12.8. The number of ketones is 1. The summed E-state index contributed by atoms with van der Waals surface area (Å²) < 4.78 is 4.20. The number of likely N-dealkylation sites (tertiary alicyclic amines) is 1. The standard InChI is InChI=1S/C19H29N5O3/c1-6-14-9-7-8-10-23(14)11-15-20-17-16(24(15)12(2)13(3)25)18(26)22(5)19(27)21(17)4/h12,14H,6-11H2,1-5H3/t12-,14-/m1/s1. The van der Waals surface area contributed by atoms with Gasteiger partial charge in [0.1, 0.15) is 5.82 Å². The average Bonchev–Trinajstić information content (AvgIpc) is 3.03. The minimum Gasteiger partial charge on any atom is -0.311 e. The molecule has 1 aliphatic rings. The van der Waals surface area contributed by atoms with Gasteiger partial charge in [-0.3, -0.25) is 23.6 Å². The highest BCUT2D eigenvalue weighted by Crippen LogP contribution is 2.24. The van der Waals surface area contributed by atoms with Gasteiger partial charge < -0.3 is 4.57 Å². The van der Waals surface area contributed by atoms with E-state index in [1.807, 2.05) is 0 Å². The molecule has 0 bridgehead atoms. The fourth-order valence-corrected chi connectivity index (χ4v) is 4.08. The normalized spacial score (nSPS) is 19.5. The molecule has 1 fully saturated rings. The summed E-state index contributed by atoms with van der Waals surface area (Å²) in [6.45, 7) is 7.03. The van der Waals surface area contributed by atoms with Crippen molar-refractivity contribution in [3.8, 4) is 0 Å². The quantitative estimate of drug-likeness (QED) is 0.788. The van der Waals surface area contributed by atoms with Crippen molar-refractivity contribution < 1.29 is 4.79 Å². The molecule has 0 amide bonds. The zero-order valence-corrected chi connectivity index (χ0v) is 16.9. The predicted octanol–water partition coefficient (Wildman–Crippen LogP) is 1.35. The Bertz CT molecular complexity index is 984. The largest absolute Gasteiger partial charge is 0.332 e. The number of fused-ring (bicyclic) bond motifs is 1. The second kappa shape index (κ2) is 7.42. The van der Waals surface area contributed by atoms with Gasteiger partial charge in [0.2, 0.25) is 0 Å². The van der Waals surface area contributed by atoms with E-state index in [1.165, 1.54) is 25.0 Å². The lowest BCUT2D eigenvalue weighted by Gasteiger charge is -2.35. The van der Waals surface area contributed by atoms with Gasteiger partial charge in [0.15, 0.2) is 16.9 Å². The lowest BCUT2D eigenvalue weighted by atomic mass is 10.00. The monoisotopic (exact) mass is 375 g/mol. The van der Waals surface area contributed by atoms with E-state index in [-0.39, 0.29) is 5.78 Å². The van der Waals surface area contributed by atoms with Gasteiger partial charge in [0, 0.05) is 20.1 Å². The van der Waals surface area contributed by atoms with Gasteiger partial charge in [0.25, 0.3) is 5.56 Å². The van der Waals surface area contributed by atoms with Crippen molar-refractivity contribution in [2.45, 2.75) is 65.1 Å². The first-order chi connectivity index (χ1) is 12.8. The first kappa shape index (κ1) is 19.5. The Hall–Kier alpha value is -2.22. The molecular formula is C19H29N5O3. The summed E-state index contributed by atoms with van der Waals surface area (Å²) in [6.07, 6.45) is 4.57. The summed E-state index contributed by atoms with van der Waals surface area (Å²) in [7, 11) is 3.07. The van der Waals surface area contributed by atoms with Crippen molar-refractivity contribution in [3.05, 3.63) is 26.7 Å². The summed E-state index contributed by atoms with van der Waals surface area (Å²) in [4.78, 5) is 44.4. The summed E-state index contributed by atoms with van der Waals surface area (Å²) in [6, 6.07) is -0.0358. The third-order valence-electron chi connectivity index (χ3n) is 5.90. The maximum Gasteiger partial charge on any atom is 0.332 e. The molecule has 8 heteroatoms. The van der Waals surface area contributed by atoms with Crippen LogP contribution in [0.3, 0.4) is 0 Å². The Labute approximate surface area is 158 Å². The van der Waals surface area contributed by atoms with Crippen molar-refractivity contribution in [1.82, 2.24) is 23.6 Å². The smallest absolute Gasteiger partial charge is 0.311 e. The molecule has 1 aliphatic heterocycles. The number of rotatable bonds is 5. The van der Waals surface area contributed by atoms with Gasteiger partial charge in [-0.25, -0.2) is 9.78 Å². The van der Waals surface area contributed by atoms with Crippen LogP contribution in [0.15, 0.2) is 9.59 Å². The predicted molar refractivity (Wildman–Crippen MR) is 104 cm³/mol. The van der Waals surface area contributed by atoms with Gasteiger partial charge in [-0.1, -0.05) is 13.3 Å². The molecular weight excluding hydrogens is 346 g/mol. The molecule has 0 aromatic carbocycles. The number of hydrogen-bond acceptors (Lipinski definition) is 5. The number of carbonyl (C=O) groups excluding carboxylic acids is 1. The highest BCUT2D eigenvalue weighted by atomic mass is 16.2. The van der Waals surface area contributed by atoms with Crippen molar-refractivity contribution >= 4 is 16.9 Å². The molecule has 148 valence electrons. The van der Waals surface area contributed by atoms with Crippen LogP contribution in [0.2, 0.25) is 0 Å². The van der Waals surface area contributed by atoms with Crippen LogP contribution in [0.4, 0.5) is 0 Å². The second-order valence-corrected chi connectivity index (χ2v) is 7.59. The zero-order chi connectivity index (χ0) is 19.9. The minimum atomic E-state index is -0.514. The molecule has 0 N–H and O–H groups in total. The van der Waals surface area contributed by atoms with Crippen molar-refractivity contribution in [3.63, 3.8) is 0 Å². The lowest BCUT2D eigenvalue weighted by molar-refractivity contribution is -0.119. The Morgan fingerprint density at radius 1 is 1.22 bits per heavy atom. The van der Waals surface area contributed by atoms with E-state index in [2.05, 4.69) is 16.8 Å². The number of carbonyl (C=O) groups is 1. The van der Waals surface area contributed by atoms with E-state index >= 15 is 0 Å². The molecule has 8 nitrogen and oxygen atoms in total. The van der Waals surface area contributed by atoms with E-state index in [0.29, 0.717) is 29.6 Å². The van der Waals surface area contributed by atoms with Crippen LogP contribution >= 0.6 is 0 Å². The van der Waals surface area contributed by atoms with E-state index < -0.39 is 17.3 Å². The van der Waals surface area contributed by atoms with Crippen LogP contribution < -0.4 is 11.2 Å². The lowest BCUT2D eigenvalue weighted by Crippen LogP contribution is -2.39. The average molecular weight is 375 g/mol. The Balaban J connectivity index is 2.22. The summed E-state index contributed by atoms with van der Waals surface area (Å²) in [5.74, 6) is 0.628. The van der Waals surface area contributed by atoms with E-state index in [9.17, 15) is 14.4 Å². The number of Topliss-reactive ketones (excluding diaryl/α,β-unsaturated/α-hetero) is 1. The number of nitrogens with zero attached hydrogens (tertiary/aromatic N) is 5. The Morgan fingerprint density at radius 3 is 2.56 bits per heavy atom. The van der Waals surface area contributed by atoms with Crippen LogP contribution in [-0.4, -0.2) is 42.0 Å². The third-order valence-corrected chi connectivity index (χ3v) is 5.90. The first-order valence-corrected chi connectivity index (χ1v) is 9.69. The molecule has 0 aliphatic carbocycles. The van der Waals surface area contributed by atoms with Crippen LogP contribution in [0.1, 0.15) is 58.3 Å². The summed E-state index contributed by atoms with van der Waals surface area (Å²) >= 11 is 0. The highest BCUT2D eigenvalue weighted by Gasteiger charge is 2.28. The molecule has 0 unspecified atom stereocenters. The van der Waals surface area contributed by atoms with Crippen molar-refractivity contribution in [2.75, 3.05) is 6.54 Å². The number of aryl methyl sites for hydroxylation is 1. The first-order valence-electron chi connectivity index (χ1n) is 9.69. The van der Waals surface area contributed by atoms with Crippen molar-refractivity contribution in [1.29, 1.82) is 0 Å². The van der Waals surface area contributed by atoms with Gasteiger partial charge in [-0.15, -0.1) is 0 Å². The fraction of sp³-hybridized carbons (Fsp3) is 0.684. The van der Waals surface area contributed by atoms with Gasteiger partial charge >= 0.3 is 5.69 Å². The van der Waals surface area contributed by atoms with Gasteiger partial charge in [-0.05, 0) is 39.7 Å². The Morgan fingerprint density at radius 2 is 1.93 bits per heavy atom. The molecule has 0 saturated carbocycles. The highest BCUT2D eigenvalue weighted by molar-refractivity contribution is 5.82. The maximum atomic E-state index is 12.8. The molecule has 3 rings (SSSR count). The van der Waals surface area contributed by atoms with E-state index in [1.54, 1.807) is 18.5 Å². The molecule has 2 atom stereocenters. The van der Waals surface area contributed by atoms with Gasteiger partial charge in [0.05, 0.1) is 12.6 Å². The third kappa shape index (κ3) is 3.26. The van der Waals surface area contributed by atoms with E-state index in [0.717, 1.165) is 30.4 Å². The fourth-order valence-electron chi connectivity index (χ4n) is 4.08. The molecule has 2 aromatic rings. The molecule has 2 aromatic heterocycles. The molecule has 3 heterocycles. The number of hydrogen-bond donors (Lipinski definition) is 0. The second-order valence-electron chi connectivity index (χ2n) is 7.59. The van der Waals surface area contributed by atoms with Crippen molar-refractivity contribution in [2.24, 2.45) is 14.1 Å². The summed E-state index contributed by atoms with van der Waals surface area (Å²) in [5, 5.41) is 0. The SMILES string of the molecule is CC[C@@H]1CCCCN1Cc1nc2c(c(=O)n(C)c(=O)n2C)n1[C@H](C)C(C)=O. The van der Waals surface area contributed by atoms with E-state index in [4.69, 9.17) is 0 Å². The molecule has 0 spiro atoms. The molecule has 1 saturated heterocycles. The van der Waals surface area contributed by atoms with Crippen LogP contribution in [0.25, 0.3) is 11.2 Å². The van der Waals surface area contributed by atoms with Gasteiger partial charge in [-0.2, -0.15) is 0 Å². The Kier molecular flexibility index (Phi) is 5.37. The molecule has 0 radical (unpaired) electrons. The van der Waals surface area contributed by atoms with Crippen LogP contribution in [-0.2, 0) is 25.4 Å². The minimum absolute atomic E-state index is 0.0443. The van der Waals surface area contributed by atoms with Crippen LogP contribution in [0.5, 0.6) is 0 Å². The number of piperidine rings is 1. The summed E-state index contributed by atoms with van der Waals surface area (Å²) in [5.41, 5.74) is -0.159. The number of aromatic nitrogens is 4. The zero-order valence-electron chi connectivity index (χ0n) is 16.9.